The summed E-state index contributed by atoms with van der Waals surface area (Å²) in [7, 11) is -3.84. The lowest BCUT2D eigenvalue weighted by molar-refractivity contribution is -0.140. The zero-order valence-electron chi connectivity index (χ0n) is 22.1. The molecule has 0 aromatic heterocycles. The number of amides is 2. The van der Waals surface area contributed by atoms with E-state index in [2.05, 4.69) is 5.32 Å². The lowest BCUT2D eigenvalue weighted by Crippen LogP contribution is -2.53. The van der Waals surface area contributed by atoms with Crippen molar-refractivity contribution in [2.24, 2.45) is 0 Å². The van der Waals surface area contributed by atoms with Crippen LogP contribution in [0.15, 0.2) is 72.8 Å². The van der Waals surface area contributed by atoms with Gasteiger partial charge in [0.15, 0.2) is 0 Å². The largest absolute Gasteiger partial charge is 0.355 e. The Morgan fingerprint density at radius 3 is 2.21 bits per heavy atom. The number of anilines is 1. The molecule has 1 unspecified atom stereocenters. The molecule has 3 aromatic rings. The SMILES string of the molecule is CCNC(=O)C(Cc1ccccc1)N(Cc1ccccc1C)C(=O)CN(c1ccc(Cl)cc1C)S(C)(=O)=O. The van der Waals surface area contributed by atoms with E-state index in [-0.39, 0.29) is 18.9 Å². The van der Waals surface area contributed by atoms with Crippen LogP contribution >= 0.6 is 11.6 Å². The van der Waals surface area contributed by atoms with E-state index in [0.29, 0.717) is 22.8 Å². The van der Waals surface area contributed by atoms with Gasteiger partial charge in [-0.15, -0.1) is 0 Å². The van der Waals surface area contributed by atoms with Gasteiger partial charge in [0.1, 0.15) is 12.6 Å². The van der Waals surface area contributed by atoms with Crippen LogP contribution in [0.2, 0.25) is 5.02 Å². The molecule has 9 heteroatoms. The summed E-state index contributed by atoms with van der Waals surface area (Å²) in [6, 6.07) is 21.1. The Labute approximate surface area is 230 Å². The fourth-order valence-corrected chi connectivity index (χ4v) is 5.44. The second-order valence-corrected chi connectivity index (χ2v) is 11.6. The average molecular weight is 556 g/mol. The van der Waals surface area contributed by atoms with Crippen molar-refractivity contribution in [2.45, 2.75) is 39.8 Å². The third-order valence-corrected chi connectivity index (χ3v) is 7.69. The molecule has 202 valence electrons. The Hall–Kier alpha value is -3.36. The van der Waals surface area contributed by atoms with Gasteiger partial charge in [0.05, 0.1) is 11.9 Å². The van der Waals surface area contributed by atoms with Gasteiger partial charge in [-0.2, -0.15) is 0 Å². The normalized spacial score (nSPS) is 12.0. The Morgan fingerprint density at radius 1 is 0.947 bits per heavy atom. The van der Waals surface area contributed by atoms with E-state index in [9.17, 15) is 18.0 Å². The first-order valence-corrected chi connectivity index (χ1v) is 14.6. The lowest BCUT2D eigenvalue weighted by Gasteiger charge is -2.34. The minimum absolute atomic E-state index is 0.150. The van der Waals surface area contributed by atoms with Gasteiger partial charge in [0.2, 0.25) is 21.8 Å². The summed E-state index contributed by atoms with van der Waals surface area (Å²) in [6.07, 6.45) is 1.34. The molecule has 0 aliphatic heterocycles. The van der Waals surface area contributed by atoms with Gasteiger partial charge in [-0.3, -0.25) is 13.9 Å². The van der Waals surface area contributed by atoms with Gasteiger partial charge in [-0.1, -0.05) is 66.2 Å². The van der Waals surface area contributed by atoms with E-state index in [4.69, 9.17) is 11.6 Å². The van der Waals surface area contributed by atoms with Crippen LogP contribution in [0.1, 0.15) is 29.2 Å². The number of carbonyl (C=O) groups excluding carboxylic acids is 2. The molecule has 1 atom stereocenters. The molecule has 0 saturated carbocycles. The Morgan fingerprint density at radius 2 is 1.61 bits per heavy atom. The Bertz CT molecular complexity index is 1380. The molecule has 0 heterocycles. The van der Waals surface area contributed by atoms with E-state index in [0.717, 1.165) is 27.3 Å². The summed E-state index contributed by atoms with van der Waals surface area (Å²) in [5, 5.41) is 3.32. The summed E-state index contributed by atoms with van der Waals surface area (Å²) in [5.74, 6) is -0.785. The van der Waals surface area contributed by atoms with Crippen molar-refractivity contribution in [2.75, 3.05) is 23.7 Å². The number of benzene rings is 3. The van der Waals surface area contributed by atoms with E-state index in [1.54, 1.807) is 25.1 Å². The molecule has 0 radical (unpaired) electrons. The molecule has 3 rings (SSSR count). The van der Waals surface area contributed by atoms with E-state index < -0.39 is 28.5 Å². The van der Waals surface area contributed by atoms with Gasteiger partial charge in [-0.25, -0.2) is 8.42 Å². The molecule has 0 saturated heterocycles. The maximum Gasteiger partial charge on any atom is 0.244 e. The number of nitrogens with one attached hydrogen (secondary N) is 1. The zero-order valence-corrected chi connectivity index (χ0v) is 23.7. The smallest absolute Gasteiger partial charge is 0.244 e. The van der Waals surface area contributed by atoms with Gasteiger partial charge in [-0.05, 0) is 61.2 Å². The fraction of sp³-hybridized carbons (Fsp3) is 0.310. The molecule has 3 aromatic carbocycles. The number of sulfonamides is 1. The maximum absolute atomic E-state index is 14.0. The first-order valence-electron chi connectivity index (χ1n) is 12.4. The fourth-order valence-electron chi connectivity index (χ4n) is 4.31. The quantitative estimate of drug-likeness (QED) is 0.377. The molecule has 0 aliphatic rings. The highest BCUT2D eigenvalue weighted by Gasteiger charge is 2.33. The van der Waals surface area contributed by atoms with Crippen LogP contribution in [0.5, 0.6) is 0 Å². The lowest BCUT2D eigenvalue weighted by atomic mass is 10.0. The summed E-state index contributed by atoms with van der Waals surface area (Å²) in [4.78, 5) is 28.9. The van der Waals surface area contributed by atoms with Crippen molar-refractivity contribution in [1.29, 1.82) is 0 Å². The molecule has 38 heavy (non-hydrogen) atoms. The molecular formula is C29H34ClN3O4S. The van der Waals surface area contributed by atoms with Gasteiger partial charge in [0.25, 0.3) is 0 Å². The second kappa shape index (κ2) is 12.9. The topological polar surface area (TPSA) is 86.8 Å². The van der Waals surface area contributed by atoms with E-state index >= 15 is 0 Å². The molecule has 2 amide bonds. The molecular weight excluding hydrogens is 522 g/mol. The Balaban J connectivity index is 2.07. The highest BCUT2D eigenvalue weighted by atomic mass is 35.5. The number of hydrogen-bond acceptors (Lipinski definition) is 4. The number of carbonyl (C=O) groups is 2. The number of hydrogen-bond donors (Lipinski definition) is 1. The van der Waals surface area contributed by atoms with Crippen LogP contribution in [-0.2, 0) is 32.6 Å². The number of aryl methyl sites for hydroxylation is 2. The molecule has 0 fully saturated rings. The zero-order chi connectivity index (χ0) is 27.9. The highest BCUT2D eigenvalue weighted by molar-refractivity contribution is 7.92. The summed E-state index contributed by atoms with van der Waals surface area (Å²) >= 11 is 6.09. The standard InChI is InChI=1S/C29H34ClN3O4S/c1-5-31-29(35)27(18-23-12-7-6-8-13-23)32(19-24-14-10-9-11-21(24)2)28(34)20-33(38(4,36)37)26-16-15-25(30)17-22(26)3/h6-17,27H,5,18-20H2,1-4H3,(H,31,35). The summed E-state index contributed by atoms with van der Waals surface area (Å²) in [5.41, 5.74) is 3.70. The average Bonchev–Trinajstić information content (AvgIpc) is 2.86. The molecule has 0 spiro atoms. The minimum Gasteiger partial charge on any atom is -0.355 e. The number of nitrogens with zero attached hydrogens (tertiary/aromatic N) is 2. The first kappa shape index (κ1) is 29.2. The van der Waals surface area contributed by atoms with Crippen molar-refractivity contribution < 1.29 is 18.0 Å². The summed E-state index contributed by atoms with van der Waals surface area (Å²) < 4.78 is 26.8. The van der Waals surface area contributed by atoms with Crippen molar-refractivity contribution in [3.8, 4) is 0 Å². The molecule has 0 bridgehead atoms. The second-order valence-electron chi connectivity index (χ2n) is 9.25. The number of rotatable bonds is 11. The predicted octanol–water partition coefficient (Wildman–Crippen LogP) is 4.50. The summed E-state index contributed by atoms with van der Waals surface area (Å²) in [6.45, 7) is 5.59. The van der Waals surface area contributed by atoms with Crippen LogP contribution in [0.3, 0.4) is 0 Å². The van der Waals surface area contributed by atoms with Crippen LogP contribution in [0.25, 0.3) is 0 Å². The Kier molecular flexibility index (Phi) is 9.94. The molecule has 7 nitrogen and oxygen atoms in total. The predicted molar refractivity (Wildman–Crippen MR) is 153 cm³/mol. The molecule has 0 aliphatic carbocycles. The van der Waals surface area contributed by atoms with Crippen LogP contribution in [0.4, 0.5) is 5.69 Å². The molecule has 1 N–H and O–H groups in total. The monoisotopic (exact) mass is 555 g/mol. The van der Waals surface area contributed by atoms with Crippen molar-refractivity contribution in [3.05, 3.63) is 100 Å². The van der Waals surface area contributed by atoms with Gasteiger partial charge in [0, 0.05) is 24.5 Å². The van der Waals surface area contributed by atoms with Crippen LogP contribution < -0.4 is 9.62 Å². The van der Waals surface area contributed by atoms with E-state index in [1.165, 1.54) is 4.90 Å². The van der Waals surface area contributed by atoms with Crippen LogP contribution in [0, 0.1) is 13.8 Å². The van der Waals surface area contributed by atoms with Gasteiger partial charge < -0.3 is 10.2 Å². The van der Waals surface area contributed by atoms with Crippen molar-refractivity contribution >= 4 is 39.1 Å². The third-order valence-electron chi connectivity index (χ3n) is 6.33. The van der Waals surface area contributed by atoms with Gasteiger partial charge >= 0.3 is 0 Å². The maximum atomic E-state index is 14.0. The number of halogens is 1. The minimum atomic E-state index is -3.84. The highest BCUT2D eigenvalue weighted by Crippen LogP contribution is 2.26. The van der Waals surface area contributed by atoms with Crippen molar-refractivity contribution in [3.63, 3.8) is 0 Å². The van der Waals surface area contributed by atoms with Crippen molar-refractivity contribution in [1.82, 2.24) is 10.2 Å². The third kappa shape index (κ3) is 7.58. The number of likely N-dealkylation sites (N-methyl/N-ethyl adjacent to an activating group) is 1. The van der Waals surface area contributed by atoms with E-state index in [1.807, 2.05) is 68.4 Å². The van der Waals surface area contributed by atoms with Crippen LogP contribution in [-0.4, -0.2) is 50.5 Å². The first-order chi connectivity index (χ1) is 18.0.